The van der Waals surface area contributed by atoms with Gasteiger partial charge in [-0.25, -0.2) is 4.83 Å². The number of carbonyl (C=O) groups is 1. The van der Waals surface area contributed by atoms with Crippen molar-refractivity contribution >= 4 is 27.8 Å². The Hall–Kier alpha value is -2.67. The van der Waals surface area contributed by atoms with Gasteiger partial charge in [0.05, 0.1) is 11.1 Å². The van der Waals surface area contributed by atoms with E-state index in [0.29, 0.717) is 5.69 Å². The van der Waals surface area contributed by atoms with Gasteiger partial charge in [0.1, 0.15) is 0 Å². The Balaban J connectivity index is 2.07. The van der Waals surface area contributed by atoms with Crippen molar-refractivity contribution in [2.24, 2.45) is 5.10 Å². The van der Waals surface area contributed by atoms with Gasteiger partial charge in [-0.05, 0) is 29.8 Å². The van der Waals surface area contributed by atoms with Crippen molar-refractivity contribution in [2.45, 2.75) is 11.8 Å². The van der Waals surface area contributed by atoms with E-state index in [0.717, 1.165) is 5.56 Å². The first-order valence-corrected chi connectivity index (χ1v) is 7.93. The number of carbonyl (C=O) groups excluding carboxylic acids is 1. The number of benzene rings is 2. The molecule has 2 N–H and O–H groups in total. The van der Waals surface area contributed by atoms with Crippen LogP contribution >= 0.6 is 0 Å². The van der Waals surface area contributed by atoms with Crippen LogP contribution in [0.15, 0.2) is 64.6 Å². The number of nitrogens with zero attached hydrogens (tertiary/aromatic N) is 1. The highest BCUT2D eigenvalue weighted by molar-refractivity contribution is 7.89. The van der Waals surface area contributed by atoms with E-state index >= 15 is 0 Å². The summed E-state index contributed by atoms with van der Waals surface area (Å²) >= 11 is 0. The molecule has 0 spiro atoms. The SMILES string of the molecule is CC(=O)Nc1ccc(S(=O)(=O)NN=Cc2ccccc2)cc1. The van der Waals surface area contributed by atoms with E-state index in [2.05, 4.69) is 15.2 Å². The molecule has 2 aromatic rings. The van der Waals surface area contributed by atoms with Gasteiger partial charge >= 0.3 is 0 Å². The van der Waals surface area contributed by atoms with Crippen LogP contribution in [0.3, 0.4) is 0 Å². The molecule has 0 saturated carbocycles. The topological polar surface area (TPSA) is 87.6 Å². The molecule has 0 unspecified atom stereocenters. The largest absolute Gasteiger partial charge is 0.326 e. The van der Waals surface area contributed by atoms with Gasteiger partial charge in [-0.3, -0.25) is 4.79 Å². The third-order valence-electron chi connectivity index (χ3n) is 2.67. The molecule has 2 aromatic carbocycles. The minimum Gasteiger partial charge on any atom is -0.326 e. The molecule has 114 valence electrons. The van der Waals surface area contributed by atoms with Gasteiger partial charge in [0.15, 0.2) is 0 Å². The summed E-state index contributed by atoms with van der Waals surface area (Å²) in [6.45, 7) is 1.38. The van der Waals surface area contributed by atoms with E-state index in [1.165, 1.54) is 37.4 Å². The van der Waals surface area contributed by atoms with Crippen molar-refractivity contribution < 1.29 is 13.2 Å². The van der Waals surface area contributed by atoms with Crippen LogP contribution < -0.4 is 10.1 Å². The summed E-state index contributed by atoms with van der Waals surface area (Å²) in [5, 5.41) is 6.29. The maximum Gasteiger partial charge on any atom is 0.276 e. The molecule has 0 heterocycles. The third-order valence-corrected chi connectivity index (χ3v) is 3.91. The lowest BCUT2D eigenvalue weighted by Gasteiger charge is -2.05. The van der Waals surface area contributed by atoms with Crippen molar-refractivity contribution in [1.29, 1.82) is 0 Å². The van der Waals surface area contributed by atoms with Gasteiger partial charge < -0.3 is 5.32 Å². The van der Waals surface area contributed by atoms with Crippen LogP contribution in [-0.2, 0) is 14.8 Å². The Bertz CT molecular complexity index is 769. The smallest absolute Gasteiger partial charge is 0.276 e. The molecule has 0 aliphatic carbocycles. The highest BCUT2D eigenvalue weighted by Crippen LogP contribution is 2.13. The van der Waals surface area contributed by atoms with Crippen molar-refractivity contribution in [3.63, 3.8) is 0 Å². The monoisotopic (exact) mass is 317 g/mol. The minimum atomic E-state index is -3.74. The molecule has 7 heteroatoms. The highest BCUT2D eigenvalue weighted by Gasteiger charge is 2.12. The Kier molecular flexibility index (Phi) is 4.90. The fraction of sp³-hybridized carbons (Fsp3) is 0.0667. The summed E-state index contributed by atoms with van der Waals surface area (Å²) in [5.74, 6) is -0.221. The number of nitrogens with one attached hydrogen (secondary N) is 2. The van der Waals surface area contributed by atoms with Gasteiger partial charge in [-0.1, -0.05) is 30.3 Å². The predicted octanol–water partition coefficient (Wildman–Crippen LogP) is 1.96. The maximum atomic E-state index is 12.0. The Morgan fingerprint density at radius 2 is 1.68 bits per heavy atom. The van der Waals surface area contributed by atoms with E-state index in [1.807, 2.05) is 18.2 Å². The summed E-state index contributed by atoms with van der Waals surface area (Å²) in [4.78, 5) is 13.1. The quantitative estimate of drug-likeness (QED) is 0.652. The van der Waals surface area contributed by atoms with Crippen LogP contribution in [0.4, 0.5) is 5.69 Å². The Morgan fingerprint density at radius 3 is 2.27 bits per heavy atom. The van der Waals surface area contributed by atoms with Gasteiger partial charge in [0.25, 0.3) is 10.0 Å². The molecular weight excluding hydrogens is 302 g/mol. The molecule has 2 rings (SSSR count). The Labute approximate surface area is 128 Å². The highest BCUT2D eigenvalue weighted by atomic mass is 32.2. The van der Waals surface area contributed by atoms with Crippen LogP contribution in [0.5, 0.6) is 0 Å². The summed E-state index contributed by atoms with van der Waals surface area (Å²) in [5.41, 5.74) is 1.31. The zero-order valence-corrected chi connectivity index (χ0v) is 12.7. The van der Waals surface area contributed by atoms with E-state index in [4.69, 9.17) is 0 Å². The molecular formula is C15H15N3O3S. The molecule has 0 bridgehead atoms. The molecule has 1 amide bonds. The second kappa shape index (κ2) is 6.86. The normalized spacial score (nSPS) is 11.3. The molecule has 22 heavy (non-hydrogen) atoms. The predicted molar refractivity (Wildman–Crippen MR) is 85.1 cm³/mol. The zero-order valence-electron chi connectivity index (χ0n) is 11.9. The van der Waals surface area contributed by atoms with Crippen LogP contribution in [0.2, 0.25) is 0 Å². The molecule has 0 aliphatic heterocycles. The first-order chi connectivity index (χ1) is 10.5. The average molecular weight is 317 g/mol. The maximum absolute atomic E-state index is 12.0. The van der Waals surface area contributed by atoms with Crippen molar-refractivity contribution in [1.82, 2.24) is 4.83 Å². The van der Waals surface area contributed by atoms with Crippen LogP contribution in [0.25, 0.3) is 0 Å². The summed E-state index contributed by atoms with van der Waals surface area (Å²) in [7, 11) is -3.74. The number of amides is 1. The summed E-state index contributed by atoms with van der Waals surface area (Å²) in [6.07, 6.45) is 1.42. The number of hydrogen-bond acceptors (Lipinski definition) is 4. The van der Waals surface area contributed by atoms with Gasteiger partial charge in [0.2, 0.25) is 5.91 Å². The molecule has 6 nitrogen and oxygen atoms in total. The fourth-order valence-corrected chi connectivity index (χ4v) is 2.47. The summed E-state index contributed by atoms with van der Waals surface area (Å²) in [6, 6.07) is 14.9. The average Bonchev–Trinajstić information content (AvgIpc) is 2.48. The summed E-state index contributed by atoms with van der Waals surface area (Å²) < 4.78 is 24.1. The first-order valence-electron chi connectivity index (χ1n) is 6.45. The van der Waals surface area contributed by atoms with Crippen LogP contribution in [0, 0.1) is 0 Å². The van der Waals surface area contributed by atoms with Crippen molar-refractivity contribution in [3.8, 4) is 0 Å². The zero-order chi connectivity index (χ0) is 16.0. The number of rotatable bonds is 5. The molecule has 0 aliphatic rings. The van der Waals surface area contributed by atoms with Gasteiger partial charge in [0, 0.05) is 12.6 Å². The molecule has 0 atom stereocenters. The second-order valence-electron chi connectivity index (χ2n) is 4.47. The van der Waals surface area contributed by atoms with Crippen LogP contribution in [-0.4, -0.2) is 20.5 Å². The molecule has 0 aromatic heterocycles. The standard InChI is InChI=1S/C15H15N3O3S/c1-12(19)17-14-7-9-15(10-8-14)22(20,21)18-16-11-13-5-3-2-4-6-13/h2-11,18H,1H3,(H,17,19). The lowest BCUT2D eigenvalue weighted by molar-refractivity contribution is -0.114. The number of hydrazone groups is 1. The van der Waals surface area contributed by atoms with Crippen molar-refractivity contribution in [3.05, 3.63) is 60.2 Å². The third kappa shape index (κ3) is 4.42. The molecule has 0 radical (unpaired) electrons. The number of hydrogen-bond donors (Lipinski definition) is 2. The fourth-order valence-electron chi connectivity index (χ4n) is 1.68. The molecule has 0 saturated heterocycles. The van der Waals surface area contributed by atoms with E-state index in [9.17, 15) is 13.2 Å². The molecule has 0 fully saturated rings. The lowest BCUT2D eigenvalue weighted by Crippen LogP contribution is -2.18. The van der Waals surface area contributed by atoms with E-state index in [1.54, 1.807) is 12.1 Å². The van der Waals surface area contributed by atoms with Gasteiger partial charge in [-0.2, -0.15) is 13.5 Å². The van der Waals surface area contributed by atoms with Gasteiger partial charge in [-0.15, -0.1) is 0 Å². The number of anilines is 1. The first kappa shape index (κ1) is 15.7. The van der Waals surface area contributed by atoms with Crippen LogP contribution in [0.1, 0.15) is 12.5 Å². The second-order valence-corrected chi connectivity index (χ2v) is 6.13. The van der Waals surface area contributed by atoms with Crippen molar-refractivity contribution in [2.75, 3.05) is 5.32 Å². The Morgan fingerprint density at radius 1 is 1.05 bits per heavy atom. The number of sulfonamides is 1. The minimum absolute atomic E-state index is 0.0619. The van der Waals surface area contributed by atoms with E-state index in [-0.39, 0.29) is 10.8 Å². The lowest BCUT2D eigenvalue weighted by atomic mass is 10.2. The van der Waals surface area contributed by atoms with E-state index < -0.39 is 10.0 Å².